The number of aliphatic hydroxyl groups is 1. The molecule has 3 N–H and O–H groups in total. The monoisotopic (exact) mass is 431 g/mol. The maximum atomic E-state index is 12.7. The normalized spacial score (nSPS) is 33.8. The Morgan fingerprint density at radius 3 is 2.74 bits per heavy atom. The van der Waals surface area contributed by atoms with E-state index in [9.17, 15) is 14.7 Å². The van der Waals surface area contributed by atoms with Crippen molar-refractivity contribution >= 4 is 11.8 Å². The Bertz CT molecular complexity index is 758. The number of methoxy groups -OCH3 is 1. The van der Waals surface area contributed by atoms with Crippen LogP contribution in [-0.4, -0.2) is 54.3 Å². The maximum absolute atomic E-state index is 12.7. The number of hydrogen-bond donors (Lipinski definition) is 3. The Balaban J connectivity index is 1.70. The molecule has 1 aromatic rings. The lowest BCUT2D eigenvalue weighted by atomic mass is 9.51. The zero-order valence-corrected chi connectivity index (χ0v) is 19.1. The summed E-state index contributed by atoms with van der Waals surface area (Å²) < 4.78 is 5.01. The van der Waals surface area contributed by atoms with E-state index < -0.39 is 6.10 Å². The molecule has 2 aliphatic carbocycles. The highest BCUT2D eigenvalue weighted by atomic mass is 16.5. The summed E-state index contributed by atoms with van der Waals surface area (Å²) in [4.78, 5) is 29.4. The van der Waals surface area contributed by atoms with Crippen LogP contribution in [0, 0.1) is 29.1 Å². The highest BCUT2D eigenvalue weighted by Crippen LogP contribution is 2.55. The lowest BCUT2D eigenvalue weighted by Gasteiger charge is -2.56. The average molecular weight is 432 g/mol. The molecular weight excluding hydrogens is 394 g/mol. The van der Waals surface area contributed by atoms with Crippen molar-refractivity contribution in [1.82, 2.24) is 15.6 Å². The summed E-state index contributed by atoms with van der Waals surface area (Å²) in [5, 5.41) is 17.5. The molecular formula is C24H37N3O4. The van der Waals surface area contributed by atoms with Gasteiger partial charge in [0, 0.05) is 31.8 Å². The van der Waals surface area contributed by atoms with Gasteiger partial charge in [-0.15, -0.1) is 0 Å². The van der Waals surface area contributed by atoms with E-state index in [1.165, 1.54) is 0 Å². The topological polar surface area (TPSA) is 101 Å². The van der Waals surface area contributed by atoms with Crippen molar-refractivity contribution in [3.05, 3.63) is 30.1 Å². The van der Waals surface area contributed by atoms with Crippen LogP contribution in [0.3, 0.4) is 0 Å². The minimum Gasteiger partial charge on any atom is -0.392 e. The third-order valence-electron chi connectivity index (χ3n) is 7.76. The van der Waals surface area contributed by atoms with Gasteiger partial charge in [-0.2, -0.15) is 0 Å². The lowest BCUT2D eigenvalue weighted by Crippen LogP contribution is -2.58. The van der Waals surface area contributed by atoms with Crippen molar-refractivity contribution in [2.45, 2.75) is 58.6 Å². The predicted molar refractivity (Wildman–Crippen MR) is 118 cm³/mol. The number of aliphatic hydroxyl groups excluding tert-OH is 1. The third-order valence-corrected chi connectivity index (χ3v) is 7.76. The molecule has 1 aromatic heterocycles. The number of amides is 2. The summed E-state index contributed by atoms with van der Waals surface area (Å²) in [5.41, 5.74) is 0.430. The predicted octanol–water partition coefficient (Wildman–Crippen LogP) is 2.40. The van der Waals surface area contributed by atoms with Crippen LogP contribution in [0.5, 0.6) is 0 Å². The molecule has 2 aliphatic rings. The first-order valence-electron chi connectivity index (χ1n) is 11.4. The Kier molecular flexibility index (Phi) is 7.70. The highest BCUT2D eigenvalue weighted by Gasteiger charge is 2.53. The van der Waals surface area contributed by atoms with E-state index in [2.05, 4.69) is 29.5 Å². The van der Waals surface area contributed by atoms with Gasteiger partial charge in [0.25, 0.3) is 5.91 Å². The van der Waals surface area contributed by atoms with Crippen LogP contribution in [-0.2, 0) is 9.53 Å². The first-order chi connectivity index (χ1) is 14.8. The zero-order chi connectivity index (χ0) is 22.6. The molecule has 0 spiro atoms. The molecule has 0 aromatic carbocycles. The number of rotatable bonds is 7. The van der Waals surface area contributed by atoms with E-state index in [0.29, 0.717) is 18.8 Å². The molecule has 0 bridgehead atoms. The Labute approximate surface area is 185 Å². The molecule has 31 heavy (non-hydrogen) atoms. The summed E-state index contributed by atoms with van der Waals surface area (Å²) in [6, 6.07) is 5.28. The van der Waals surface area contributed by atoms with Crippen molar-refractivity contribution in [3.63, 3.8) is 0 Å². The van der Waals surface area contributed by atoms with Crippen LogP contribution < -0.4 is 10.6 Å². The molecule has 2 fully saturated rings. The fourth-order valence-electron chi connectivity index (χ4n) is 5.87. The van der Waals surface area contributed by atoms with E-state index in [0.717, 1.165) is 25.7 Å². The largest absolute Gasteiger partial charge is 0.392 e. The van der Waals surface area contributed by atoms with E-state index in [1.807, 2.05) is 6.92 Å². The summed E-state index contributed by atoms with van der Waals surface area (Å²) >= 11 is 0. The number of carbonyl (C=O) groups excluding carboxylic acids is 2. The summed E-state index contributed by atoms with van der Waals surface area (Å²) in [6.45, 7) is 7.24. The molecule has 0 aliphatic heterocycles. The number of hydrogen-bond acceptors (Lipinski definition) is 5. The second-order valence-electron chi connectivity index (χ2n) is 9.64. The average Bonchev–Trinajstić information content (AvgIpc) is 2.76. The van der Waals surface area contributed by atoms with Gasteiger partial charge in [-0.05, 0) is 61.0 Å². The van der Waals surface area contributed by atoms with Crippen molar-refractivity contribution in [2.75, 3.05) is 20.3 Å². The van der Waals surface area contributed by atoms with Crippen LogP contribution in [0.4, 0.5) is 0 Å². The fourth-order valence-corrected chi connectivity index (χ4v) is 5.87. The second-order valence-corrected chi connectivity index (χ2v) is 9.64. The minimum atomic E-state index is -0.577. The van der Waals surface area contributed by atoms with Crippen molar-refractivity contribution in [1.29, 1.82) is 0 Å². The van der Waals surface area contributed by atoms with E-state index in [4.69, 9.17) is 4.74 Å². The summed E-state index contributed by atoms with van der Waals surface area (Å²) in [5.74, 6) is -0.432. The number of carbonyl (C=O) groups is 2. The van der Waals surface area contributed by atoms with Gasteiger partial charge in [-0.25, -0.2) is 0 Å². The van der Waals surface area contributed by atoms with Crippen molar-refractivity contribution < 1.29 is 19.4 Å². The lowest BCUT2D eigenvalue weighted by molar-refractivity contribution is -0.142. The second kappa shape index (κ2) is 10.1. The Morgan fingerprint density at radius 1 is 1.32 bits per heavy atom. The first kappa shape index (κ1) is 23.7. The van der Waals surface area contributed by atoms with E-state index in [-0.39, 0.29) is 46.9 Å². The Morgan fingerprint density at radius 2 is 2.06 bits per heavy atom. The Hall–Kier alpha value is -1.99. The van der Waals surface area contributed by atoms with Crippen LogP contribution in [0.1, 0.15) is 56.9 Å². The number of pyridine rings is 1. The summed E-state index contributed by atoms with van der Waals surface area (Å²) in [6.07, 6.45) is 4.70. The number of fused-ring (bicyclic) bond motifs is 1. The van der Waals surface area contributed by atoms with Crippen LogP contribution >= 0.6 is 0 Å². The molecule has 2 amide bonds. The quantitative estimate of drug-likeness (QED) is 0.576. The molecule has 0 saturated heterocycles. The standard InChI is InChI=1S/C24H37N3O4/c1-15(22(29)26-13-14-31-4)17-8-10-24(3)11-9-18(16(2)20(24)21(17)28)27-23(30)19-7-5-6-12-25-19/h5-7,12,15-18,20-21,28H,8-11,13-14H2,1-4H3,(H,26,29)(H,27,30)/t15-,16-,17-,18-,20+,21-,24+/m0/s1. The molecule has 2 saturated carbocycles. The number of aromatic nitrogens is 1. The van der Waals surface area contributed by atoms with Gasteiger partial charge in [0.05, 0.1) is 12.7 Å². The SMILES string of the molecule is COCCNC(=O)[C@@H](C)[C@@H]1CC[C@]2(C)CC[C@H](NC(=O)c3ccccn3)[C@H](C)[C@@H]2[C@H]1O. The van der Waals surface area contributed by atoms with Gasteiger partial charge in [0.15, 0.2) is 0 Å². The van der Waals surface area contributed by atoms with Crippen molar-refractivity contribution in [3.8, 4) is 0 Å². The van der Waals surface area contributed by atoms with Gasteiger partial charge >= 0.3 is 0 Å². The first-order valence-corrected chi connectivity index (χ1v) is 11.4. The summed E-state index contributed by atoms with van der Waals surface area (Å²) in [7, 11) is 1.61. The number of ether oxygens (including phenoxy) is 1. The number of nitrogens with zero attached hydrogens (tertiary/aromatic N) is 1. The highest BCUT2D eigenvalue weighted by molar-refractivity contribution is 5.92. The molecule has 0 radical (unpaired) electrons. The smallest absolute Gasteiger partial charge is 0.270 e. The van der Waals surface area contributed by atoms with Crippen LogP contribution in [0.25, 0.3) is 0 Å². The van der Waals surface area contributed by atoms with E-state index >= 15 is 0 Å². The number of nitrogens with one attached hydrogen (secondary N) is 2. The molecule has 1 heterocycles. The maximum Gasteiger partial charge on any atom is 0.270 e. The molecule has 0 unspecified atom stereocenters. The fraction of sp³-hybridized carbons (Fsp3) is 0.708. The minimum absolute atomic E-state index is 0.0215. The van der Waals surface area contributed by atoms with Gasteiger partial charge in [-0.1, -0.05) is 26.8 Å². The molecule has 7 atom stereocenters. The van der Waals surface area contributed by atoms with Gasteiger partial charge in [-0.3, -0.25) is 14.6 Å². The van der Waals surface area contributed by atoms with E-state index in [1.54, 1.807) is 31.5 Å². The third kappa shape index (κ3) is 5.09. The molecule has 172 valence electrons. The van der Waals surface area contributed by atoms with Gasteiger partial charge < -0.3 is 20.5 Å². The van der Waals surface area contributed by atoms with Crippen LogP contribution in [0.15, 0.2) is 24.4 Å². The van der Waals surface area contributed by atoms with Gasteiger partial charge in [0.1, 0.15) is 5.69 Å². The molecule has 7 nitrogen and oxygen atoms in total. The van der Waals surface area contributed by atoms with Gasteiger partial charge in [0.2, 0.25) is 5.91 Å². The van der Waals surface area contributed by atoms with Crippen molar-refractivity contribution in [2.24, 2.45) is 29.1 Å². The zero-order valence-electron chi connectivity index (χ0n) is 19.1. The molecule has 7 heteroatoms. The molecule has 3 rings (SSSR count). The van der Waals surface area contributed by atoms with Crippen LogP contribution in [0.2, 0.25) is 0 Å².